The van der Waals surface area contributed by atoms with Gasteiger partial charge in [-0.15, -0.1) is 9.52 Å². The molecule has 6 heteroatoms. The number of hydrogen-bond acceptors (Lipinski definition) is 2. The van der Waals surface area contributed by atoms with Crippen molar-refractivity contribution in [2.45, 2.75) is 27.2 Å². The Kier molecular flexibility index (Phi) is 7.69. The van der Waals surface area contributed by atoms with Crippen molar-refractivity contribution in [1.82, 2.24) is 0 Å². The van der Waals surface area contributed by atoms with E-state index in [-0.39, 0.29) is 9.52 Å². The monoisotopic (exact) mass is 244 g/mol. The Morgan fingerprint density at radius 2 is 1.69 bits per heavy atom. The average molecular weight is 244 g/mol. The van der Waals surface area contributed by atoms with Crippen LogP contribution in [0, 0.1) is 0 Å². The summed E-state index contributed by atoms with van der Waals surface area (Å²) in [5.41, 5.74) is 0. The second kappa shape index (κ2) is 7.21. The first-order chi connectivity index (χ1) is 6.10. The van der Waals surface area contributed by atoms with Gasteiger partial charge in [0.2, 0.25) is 0 Å². The topological polar surface area (TPSA) is 38.7 Å². The molecule has 1 unspecified atom stereocenters. The van der Waals surface area contributed by atoms with Gasteiger partial charge in [-0.3, -0.25) is 0 Å². The highest BCUT2D eigenvalue weighted by atomic mass is 32.7. The normalized spacial score (nSPS) is 14.8. The van der Waals surface area contributed by atoms with Gasteiger partial charge in [0.05, 0.1) is 22.6 Å². The molecule has 0 spiro atoms. The molecule has 0 aliphatic rings. The molecule has 0 aliphatic carbocycles. The van der Waals surface area contributed by atoms with E-state index in [9.17, 15) is 4.89 Å². The average Bonchev–Trinajstić information content (AvgIpc) is 2.05. The Morgan fingerprint density at radius 1 is 1.23 bits per heavy atom. The molecular weight excluding hydrogens is 223 g/mol. The Labute approximate surface area is 86.1 Å². The fourth-order valence-corrected chi connectivity index (χ4v) is 8.94. The van der Waals surface area contributed by atoms with Gasteiger partial charge < -0.3 is 13.9 Å². The van der Waals surface area contributed by atoms with Gasteiger partial charge in [0.15, 0.2) is 0 Å². The van der Waals surface area contributed by atoms with E-state index in [4.69, 9.17) is 9.05 Å². The van der Waals surface area contributed by atoms with Crippen LogP contribution in [-0.2, 0) is 18.6 Å². The summed E-state index contributed by atoms with van der Waals surface area (Å²) in [6, 6.07) is 0. The minimum atomic E-state index is -2.49. The smallest absolute Gasteiger partial charge is 0.276 e. The first-order valence-electron chi connectivity index (χ1n) is 4.64. The van der Waals surface area contributed by atoms with Gasteiger partial charge in [-0.2, -0.15) is 0 Å². The summed E-state index contributed by atoms with van der Waals surface area (Å²) < 4.78 is 10.8. The van der Waals surface area contributed by atoms with Crippen molar-refractivity contribution in [3.63, 3.8) is 0 Å². The van der Waals surface area contributed by atoms with E-state index in [0.29, 0.717) is 13.2 Å². The van der Waals surface area contributed by atoms with Crippen LogP contribution in [0.25, 0.3) is 0 Å². The maximum absolute atomic E-state index is 10.1. The minimum absolute atomic E-state index is 0.0121. The summed E-state index contributed by atoms with van der Waals surface area (Å²) in [5, 5.41) is 0. The highest BCUT2D eigenvalue weighted by molar-refractivity contribution is 8.40. The summed E-state index contributed by atoms with van der Waals surface area (Å²) in [6.07, 6.45) is 1.09. The molecule has 0 radical (unpaired) electrons. The van der Waals surface area contributed by atoms with Crippen LogP contribution in [0.5, 0.6) is 0 Å². The van der Waals surface area contributed by atoms with Crippen LogP contribution in [0.2, 0.25) is 0 Å². The third-order valence-electron chi connectivity index (χ3n) is 1.48. The molecule has 1 atom stereocenters. The van der Waals surface area contributed by atoms with Crippen LogP contribution in [-0.4, -0.2) is 33.3 Å². The van der Waals surface area contributed by atoms with Gasteiger partial charge in [0.25, 0.3) is 6.72 Å². The Bertz CT molecular complexity index is 188. The summed E-state index contributed by atoms with van der Waals surface area (Å²) >= 11 is 0. The molecule has 13 heavy (non-hydrogen) atoms. The zero-order valence-electron chi connectivity index (χ0n) is 8.95. The fourth-order valence-electron chi connectivity index (χ4n) is 0.954. The zero-order valence-corrected chi connectivity index (χ0v) is 12.7. The fraction of sp³-hybridized carbons (Fsp3) is 1.00. The SMILES string of the molecule is CCCS([SiH3])=P(O)(OCC)OCC. The van der Waals surface area contributed by atoms with E-state index in [0.717, 1.165) is 21.6 Å². The number of rotatable bonds is 6. The lowest BCUT2D eigenvalue weighted by Crippen LogP contribution is -2.05. The first kappa shape index (κ1) is 13.9. The summed E-state index contributed by atoms with van der Waals surface area (Å²) in [5.74, 6) is 1.04. The van der Waals surface area contributed by atoms with Gasteiger partial charge >= 0.3 is 0 Å². The molecule has 0 saturated heterocycles. The van der Waals surface area contributed by atoms with Crippen molar-refractivity contribution < 1.29 is 13.9 Å². The lowest BCUT2D eigenvalue weighted by molar-refractivity contribution is 0.212. The second-order valence-electron chi connectivity index (χ2n) is 2.61. The third-order valence-corrected chi connectivity index (χ3v) is 13.4. The van der Waals surface area contributed by atoms with Crippen LogP contribution in [0.1, 0.15) is 27.2 Å². The molecular formula is C7H21O3PSSi. The second-order valence-corrected chi connectivity index (χ2v) is 13.9. The largest absolute Gasteiger partial charge is 0.329 e. The predicted octanol–water partition coefficient (Wildman–Crippen LogP) is 1.04. The van der Waals surface area contributed by atoms with E-state index in [2.05, 4.69) is 6.92 Å². The van der Waals surface area contributed by atoms with Crippen LogP contribution < -0.4 is 0 Å². The van der Waals surface area contributed by atoms with Gasteiger partial charge in [-0.1, -0.05) is 6.92 Å². The minimum Gasteiger partial charge on any atom is -0.329 e. The van der Waals surface area contributed by atoms with Crippen molar-refractivity contribution in [2.24, 2.45) is 0 Å². The van der Waals surface area contributed by atoms with Crippen LogP contribution in [0.3, 0.4) is 0 Å². The van der Waals surface area contributed by atoms with Crippen molar-refractivity contribution in [3.8, 4) is 0 Å². The summed E-state index contributed by atoms with van der Waals surface area (Å²) in [4.78, 5) is 10.1. The van der Waals surface area contributed by atoms with E-state index in [1.54, 1.807) is 0 Å². The molecule has 0 aliphatic heterocycles. The van der Waals surface area contributed by atoms with Crippen molar-refractivity contribution in [3.05, 3.63) is 0 Å². The predicted molar refractivity (Wildman–Crippen MR) is 64.9 cm³/mol. The molecule has 3 nitrogen and oxygen atoms in total. The van der Waals surface area contributed by atoms with Gasteiger partial charge in [0, 0.05) is 0 Å². The quantitative estimate of drug-likeness (QED) is 0.560. The van der Waals surface area contributed by atoms with Crippen LogP contribution >= 0.6 is 6.72 Å². The van der Waals surface area contributed by atoms with Gasteiger partial charge in [-0.05, 0) is 26.0 Å². The van der Waals surface area contributed by atoms with Crippen LogP contribution in [0.15, 0.2) is 0 Å². The van der Waals surface area contributed by atoms with Crippen molar-refractivity contribution in [2.75, 3.05) is 19.0 Å². The zero-order chi connectivity index (χ0) is 10.3. The Balaban J connectivity index is 4.61. The molecule has 0 amide bonds. The number of hydrogen-bond donors (Lipinski definition) is 1. The lowest BCUT2D eigenvalue weighted by Gasteiger charge is -2.22. The summed E-state index contributed by atoms with van der Waals surface area (Å²) in [6.45, 7) is 4.52. The standard InChI is InChI=1S/C7H21O3PSSi/c1-4-7-12(13)11(8,9-5-2)10-6-3/h8H,4-7H2,1-3,13H3. The molecule has 0 bridgehead atoms. The lowest BCUT2D eigenvalue weighted by atomic mass is 10.6. The molecule has 0 heterocycles. The van der Waals surface area contributed by atoms with E-state index >= 15 is 0 Å². The molecule has 0 aromatic heterocycles. The first-order valence-corrected chi connectivity index (χ1v) is 11.1. The van der Waals surface area contributed by atoms with E-state index in [1.807, 2.05) is 13.8 Å². The molecule has 0 fully saturated rings. The van der Waals surface area contributed by atoms with Crippen LogP contribution in [0.4, 0.5) is 0 Å². The highest BCUT2D eigenvalue weighted by Gasteiger charge is 2.17. The Morgan fingerprint density at radius 3 is 2.00 bits per heavy atom. The third kappa shape index (κ3) is 4.77. The van der Waals surface area contributed by atoms with Gasteiger partial charge in [0.1, 0.15) is 0 Å². The molecule has 0 aromatic rings. The van der Waals surface area contributed by atoms with E-state index < -0.39 is 6.72 Å². The molecule has 1 N–H and O–H groups in total. The van der Waals surface area contributed by atoms with Gasteiger partial charge in [-0.25, -0.2) is 0 Å². The molecule has 82 valence electrons. The van der Waals surface area contributed by atoms with E-state index in [1.165, 1.54) is 0 Å². The molecule has 0 rings (SSSR count). The maximum atomic E-state index is 10.1. The highest BCUT2D eigenvalue weighted by Crippen LogP contribution is 2.48. The van der Waals surface area contributed by atoms with Crippen molar-refractivity contribution in [1.29, 1.82) is 0 Å². The summed E-state index contributed by atoms with van der Waals surface area (Å²) in [7, 11) is 0.950. The molecule has 0 aromatic carbocycles. The van der Waals surface area contributed by atoms with Crippen molar-refractivity contribution >= 4 is 25.6 Å². The maximum Gasteiger partial charge on any atom is 0.276 e. The Hall–Kier alpha value is 0.877. The molecule has 0 saturated carbocycles.